The molecule has 1 amide bonds. The number of benzene rings is 2. The quantitative estimate of drug-likeness (QED) is 0.330. The van der Waals surface area contributed by atoms with Crippen LogP contribution in [0.3, 0.4) is 0 Å². The summed E-state index contributed by atoms with van der Waals surface area (Å²) < 4.78 is 46.5. The zero-order chi connectivity index (χ0) is 25.5. The fourth-order valence-electron chi connectivity index (χ4n) is 3.79. The molecule has 0 spiro atoms. The average Bonchev–Trinajstić information content (AvgIpc) is 2.88. The Kier molecular flexibility index (Phi) is 8.36. The number of hydrogen-bond acceptors (Lipinski definition) is 8. The SMILES string of the molecule is O=C(O/N=C(/c1ccc(Sc2ccc(OCCO)cc2)cc1)C(F)(F)F)N1CCCN2CCCN=C21. The summed E-state index contributed by atoms with van der Waals surface area (Å²) in [4.78, 5) is 26.4. The molecule has 1 N–H and O–H groups in total. The van der Waals surface area contributed by atoms with Crippen LogP contribution in [0.25, 0.3) is 0 Å². The number of amides is 1. The van der Waals surface area contributed by atoms with Gasteiger partial charge in [-0.25, -0.2) is 9.69 Å². The number of halogens is 3. The van der Waals surface area contributed by atoms with Gasteiger partial charge in [0.2, 0.25) is 5.96 Å². The van der Waals surface area contributed by atoms with Gasteiger partial charge in [-0.05, 0) is 49.2 Å². The summed E-state index contributed by atoms with van der Waals surface area (Å²) in [6.07, 6.45) is -4.28. The second kappa shape index (κ2) is 11.7. The van der Waals surface area contributed by atoms with Gasteiger partial charge >= 0.3 is 12.3 Å². The number of carbonyl (C=O) groups excluding carboxylic acids is 1. The van der Waals surface area contributed by atoms with Gasteiger partial charge in [-0.2, -0.15) is 13.2 Å². The van der Waals surface area contributed by atoms with Crippen molar-refractivity contribution in [3.8, 4) is 5.75 Å². The van der Waals surface area contributed by atoms with Gasteiger partial charge in [-0.1, -0.05) is 29.1 Å². The van der Waals surface area contributed by atoms with Crippen LogP contribution < -0.4 is 4.74 Å². The number of aliphatic hydroxyl groups excluding tert-OH is 1. The van der Waals surface area contributed by atoms with E-state index in [1.54, 1.807) is 24.3 Å². The molecule has 0 aromatic heterocycles. The Labute approximate surface area is 210 Å². The predicted octanol–water partition coefficient (Wildman–Crippen LogP) is 4.38. The Balaban J connectivity index is 1.44. The summed E-state index contributed by atoms with van der Waals surface area (Å²) in [5.41, 5.74) is -1.51. The van der Waals surface area contributed by atoms with E-state index in [-0.39, 0.29) is 18.8 Å². The van der Waals surface area contributed by atoms with E-state index >= 15 is 0 Å². The summed E-state index contributed by atoms with van der Waals surface area (Å²) in [7, 11) is 0. The van der Waals surface area contributed by atoms with Crippen molar-refractivity contribution in [2.75, 3.05) is 39.4 Å². The van der Waals surface area contributed by atoms with E-state index in [1.165, 1.54) is 28.8 Å². The number of hydrogen-bond donors (Lipinski definition) is 1. The van der Waals surface area contributed by atoms with E-state index < -0.39 is 18.0 Å². The molecule has 192 valence electrons. The molecule has 0 unspecified atom stereocenters. The summed E-state index contributed by atoms with van der Waals surface area (Å²) in [5, 5.41) is 12.0. The van der Waals surface area contributed by atoms with Crippen molar-refractivity contribution in [1.29, 1.82) is 0 Å². The number of oxime groups is 1. The molecular weight excluding hydrogens is 497 g/mol. The van der Waals surface area contributed by atoms with Crippen LogP contribution in [-0.4, -0.2) is 78.2 Å². The van der Waals surface area contributed by atoms with Gasteiger partial charge in [0.15, 0.2) is 5.71 Å². The van der Waals surface area contributed by atoms with E-state index in [0.29, 0.717) is 36.1 Å². The monoisotopic (exact) mass is 522 g/mol. The summed E-state index contributed by atoms with van der Waals surface area (Å²) in [6.45, 7) is 2.45. The van der Waals surface area contributed by atoms with Crippen molar-refractivity contribution < 1.29 is 32.6 Å². The average molecular weight is 523 g/mol. The number of rotatable bonds is 7. The van der Waals surface area contributed by atoms with Gasteiger partial charge in [0, 0.05) is 41.5 Å². The van der Waals surface area contributed by atoms with Crippen molar-refractivity contribution >= 4 is 29.5 Å². The molecule has 4 rings (SSSR count). The molecule has 36 heavy (non-hydrogen) atoms. The van der Waals surface area contributed by atoms with Gasteiger partial charge in [0.25, 0.3) is 0 Å². The van der Waals surface area contributed by atoms with Gasteiger partial charge in [0.1, 0.15) is 12.4 Å². The number of ether oxygens (including phenoxy) is 1. The van der Waals surface area contributed by atoms with Crippen LogP contribution in [0.15, 0.2) is 68.5 Å². The number of guanidine groups is 1. The number of carbonyl (C=O) groups is 1. The van der Waals surface area contributed by atoms with E-state index in [4.69, 9.17) is 14.7 Å². The molecule has 2 aliphatic heterocycles. The second-order valence-electron chi connectivity index (χ2n) is 7.99. The maximum atomic E-state index is 13.7. The van der Waals surface area contributed by atoms with Crippen LogP contribution in [0.1, 0.15) is 18.4 Å². The van der Waals surface area contributed by atoms with Crippen LogP contribution in [0.2, 0.25) is 0 Å². The van der Waals surface area contributed by atoms with Crippen molar-refractivity contribution in [2.24, 2.45) is 10.1 Å². The minimum atomic E-state index is -4.82. The van der Waals surface area contributed by atoms with Crippen LogP contribution in [0, 0.1) is 0 Å². The van der Waals surface area contributed by atoms with Crippen molar-refractivity contribution in [2.45, 2.75) is 28.8 Å². The van der Waals surface area contributed by atoms with E-state index in [9.17, 15) is 18.0 Å². The Hall–Kier alpha value is -3.25. The molecule has 8 nitrogen and oxygen atoms in total. The van der Waals surface area contributed by atoms with Gasteiger partial charge < -0.3 is 14.7 Å². The molecule has 0 radical (unpaired) electrons. The Morgan fingerprint density at radius 3 is 2.36 bits per heavy atom. The zero-order valence-corrected chi connectivity index (χ0v) is 20.1. The highest BCUT2D eigenvalue weighted by Crippen LogP contribution is 2.31. The zero-order valence-electron chi connectivity index (χ0n) is 19.3. The molecule has 0 bridgehead atoms. The van der Waals surface area contributed by atoms with Crippen molar-refractivity contribution in [3.63, 3.8) is 0 Å². The standard InChI is InChI=1S/C24H25F3N4O4S/c25-24(26,27)21(29-35-23(33)31-14-2-13-30-12-1-11-28-22(30)31)17-3-7-19(8-4-17)36-20-9-5-18(6-10-20)34-16-15-32/h3-10,32H,1-2,11-16H2/b29-21-. The number of nitrogens with zero attached hydrogens (tertiary/aromatic N) is 4. The number of aliphatic hydroxyl groups is 1. The number of alkyl halides is 3. The lowest BCUT2D eigenvalue weighted by Gasteiger charge is -2.38. The van der Waals surface area contributed by atoms with Crippen molar-refractivity contribution in [3.05, 3.63) is 54.1 Å². The Bertz CT molecular complexity index is 1110. The first-order valence-electron chi connectivity index (χ1n) is 11.4. The molecule has 2 aliphatic rings. The first-order valence-corrected chi connectivity index (χ1v) is 12.2. The van der Waals surface area contributed by atoms with Gasteiger partial charge in [0.05, 0.1) is 6.61 Å². The maximum Gasteiger partial charge on any atom is 0.442 e. The van der Waals surface area contributed by atoms with Crippen molar-refractivity contribution in [1.82, 2.24) is 9.80 Å². The second-order valence-corrected chi connectivity index (χ2v) is 9.14. The molecule has 0 saturated carbocycles. The van der Waals surface area contributed by atoms with Gasteiger partial charge in [-0.3, -0.25) is 9.83 Å². The highest BCUT2D eigenvalue weighted by atomic mass is 32.2. The van der Waals surface area contributed by atoms with Gasteiger partial charge in [-0.15, -0.1) is 0 Å². The normalized spacial score (nSPS) is 16.3. The minimum Gasteiger partial charge on any atom is -0.491 e. The maximum absolute atomic E-state index is 13.7. The fourth-order valence-corrected chi connectivity index (χ4v) is 4.60. The Morgan fingerprint density at radius 2 is 1.69 bits per heavy atom. The third kappa shape index (κ3) is 6.49. The third-order valence-electron chi connectivity index (χ3n) is 5.42. The molecular formula is C24H25F3N4O4S. The predicted molar refractivity (Wildman–Crippen MR) is 128 cm³/mol. The highest BCUT2D eigenvalue weighted by molar-refractivity contribution is 7.99. The minimum absolute atomic E-state index is 0.0859. The van der Waals surface area contributed by atoms with E-state index in [2.05, 4.69) is 10.1 Å². The Morgan fingerprint density at radius 1 is 1.03 bits per heavy atom. The van der Waals surface area contributed by atoms with Crippen LogP contribution in [-0.2, 0) is 4.84 Å². The molecule has 1 fully saturated rings. The topological polar surface area (TPSA) is 87.0 Å². The molecule has 2 heterocycles. The van der Waals surface area contributed by atoms with Crippen LogP contribution in [0.5, 0.6) is 5.75 Å². The van der Waals surface area contributed by atoms with Crippen LogP contribution >= 0.6 is 11.8 Å². The van der Waals surface area contributed by atoms with Crippen LogP contribution in [0.4, 0.5) is 18.0 Å². The number of aliphatic imine (C=N–C) groups is 1. The molecule has 2 aromatic rings. The fraction of sp³-hybridized carbons (Fsp3) is 0.375. The molecule has 0 aliphatic carbocycles. The smallest absolute Gasteiger partial charge is 0.442 e. The molecule has 2 aromatic carbocycles. The lowest BCUT2D eigenvalue weighted by atomic mass is 10.1. The lowest BCUT2D eigenvalue weighted by Crippen LogP contribution is -2.54. The summed E-state index contributed by atoms with van der Waals surface area (Å²) in [6, 6.07) is 12.8. The third-order valence-corrected chi connectivity index (χ3v) is 6.44. The first-order chi connectivity index (χ1) is 17.3. The highest BCUT2D eigenvalue weighted by Gasteiger charge is 2.39. The number of fused-ring (bicyclic) bond motifs is 1. The summed E-state index contributed by atoms with van der Waals surface area (Å²) in [5.74, 6) is 1.03. The molecule has 0 atom stereocenters. The summed E-state index contributed by atoms with van der Waals surface area (Å²) >= 11 is 1.36. The lowest BCUT2D eigenvalue weighted by molar-refractivity contribution is -0.0604. The molecule has 1 saturated heterocycles. The first kappa shape index (κ1) is 25.8. The largest absolute Gasteiger partial charge is 0.491 e. The van der Waals surface area contributed by atoms with E-state index in [1.807, 2.05) is 17.0 Å². The van der Waals surface area contributed by atoms with E-state index in [0.717, 1.165) is 24.4 Å². The molecule has 12 heteroatoms.